The number of pyridine rings is 1. The Labute approximate surface area is 267 Å². The monoisotopic (exact) mass is 636 g/mol. The number of aromatic nitrogens is 5. The minimum Gasteiger partial charge on any atom is -0.473 e. The molecule has 6 aromatic rings. The van der Waals surface area contributed by atoms with Gasteiger partial charge in [0.2, 0.25) is 5.88 Å². The number of methoxy groups -OCH3 is 1. The molecule has 0 radical (unpaired) electrons. The molecule has 0 unspecified atom stereocenters. The number of hydrogen-bond acceptors (Lipinski definition) is 7. The van der Waals surface area contributed by atoms with Crippen LogP contribution in [0.2, 0.25) is 0 Å². The number of halogens is 3. The minimum atomic E-state index is -0.680. The van der Waals surface area contributed by atoms with Crippen LogP contribution in [0.25, 0.3) is 22.3 Å². The molecular formula is C35H27F3N6O3. The number of rotatable bonds is 10. The van der Waals surface area contributed by atoms with Crippen LogP contribution < -0.4 is 4.74 Å². The first-order valence-corrected chi connectivity index (χ1v) is 14.6. The molecule has 236 valence electrons. The molecule has 0 spiro atoms. The summed E-state index contributed by atoms with van der Waals surface area (Å²) in [6.45, 7) is 2.80. The van der Waals surface area contributed by atoms with Gasteiger partial charge in [0.05, 0.1) is 54.1 Å². The number of ether oxygens (including phenoxy) is 2. The van der Waals surface area contributed by atoms with E-state index in [-0.39, 0.29) is 53.2 Å². The third-order valence-corrected chi connectivity index (χ3v) is 7.72. The predicted octanol–water partition coefficient (Wildman–Crippen LogP) is 6.61. The van der Waals surface area contributed by atoms with Gasteiger partial charge < -0.3 is 18.6 Å². The van der Waals surface area contributed by atoms with Crippen molar-refractivity contribution in [2.45, 2.75) is 33.0 Å². The molecule has 0 aliphatic carbocycles. The summed E-state index contributed by atoms with van der Waals surface area (Å²) >= 11 is 0. The van der Waals surface area contributed by atoms with Crippen LogP contribution in [-0.4, -0.2) is 37.2 Å². The number of benzene rings is 3. The van der Waals surface area contributed by atoms with E-state index in [0.29, 0.717) is 29.1 Å². The van der Waals surface area contributed by atoms with Gasteiger partial charge >= 0.3 is 5.97 Å². The van der Waals surface area contributed by atoms with Crippen LogP contribution in [-0.2, 0) is 30.9 Å². The Morgan fingerprint density at radius 1 is 0.979 bits per heavy atom. The summed E-state index contributed by atoms with van der Waals surface area (Å²) in [5.74, 6) is -1.85. The van der Waals surface area contributed by atoms with E-state index in [1.54, 1.807) is 47.4 Å². The zero-order chi connectivity index (χ0) is 33.1. The summed E-state index contributed by atoms with van der Waals surface area (Å²) < 4.78 is 59.3. The number of nitrogens with zero attached hydrogens (tertiary/aromatic N) is 6. The number of nitriles is 1. The SMILES string of the molecule is CCn1cncc1Cn1c(Cc2ccc(-c3cccc(OCc4ccc(C#N)cc4F)n3)c(F)c2)nc2c(F)cc(C(=O)OC)cc21. The summed E-state index contributed by atoms with van der Waals surface area (Å²) in [5.41, 5.74) is 2.91. The van der Waals surface area contributed by atoms with Gasteiger partial charge in [0.15, 0.2) is 5.82 Å². The van der Waals surface area contributed by atoms with Crippen LogP contribution >= 0.6 is 0 Å². The highest BCUT2D eigenvalue weighted by molar-refractivity contribution is 5.94. The Morgan fingerprint density at radius 3 is 2.57 bits per heavy atom. The van der Waals surface area contributed by atoms with E-state index in [2.05, 4.69) is 15.0 Å². The third kappa shape index (κ3) is 6.41. The molecule has 0 fully saturated rings. The summed E-state index contributed by atoms with van der Waals surface area (Å²) in [4.78, 5) is 25.5. The maximum Gasteiger partial charge on any atom is 0.338 e. The van der Waals surface area contributed by atoms with E-state index < -0.39 is 23.4 Å². The second-order valence-electron chi connectivity index (χ2n) is 10.7. The zero-order valence-corrected chi connectivity index (χ0v) is 25.4. The van der Waals surface area contributed by atoms with Gasteiger partial charge in [-0.25, -0.2) is 32.9 Å². The van der Waals surface area contributed by atoms with Crippen molar-refractivity contribution in [3.63, 3.8) is 0 Å². The van der Waals surface area contributed by atoms with E-state index in [0.717, 1.165) is 17.8 Å². The van der Waals surface area contributed by atoms with Gasteiger partial charge in [-0.2, -0.15) is 5.26 Å². The second kappa shape index (κ2) is 13.2. The summed E-state index contributed by atoms with van der Waals surface area (Å²) in [6.07, 6.45) is 3.56. The number of carbonyl (C=O) groups excluding carboxylic acids is 1. The fourth-order valence-electron chi connectivity index (χ4n) is 5.29. The Hall–Kier alpha value is -5.96. The van der Waals surface area contributed by atoms with E-state index in [1.165, 1.54) is 31.4 Å². The first-order valence-electron chi connectivity index (χ1n) is 14.6. The minimum absolute atomic E-state index is 0.0466. The first-order chi connectivity index (χ1) is 22.8. The molecule has 47 heavy (non-hydrogen) atoms. The van der Waals surface area contributed by atoms with Crippen molar-refractivity contribution >= 4 is 17.0 Å². The van der Waals surface area contributed by atoms with Crippen LogP contribution in [0.1, 0.15) is 45.5 Å². The lowest BCUT2D eigenvalue weighted by Gasteiger charge is -2.12. The van der Waals surface area contributed by atoms with Gasteiger partial charge in [0.1, 0.15) is 29.6 Å². The Kier molecular flexibility index (Phi) is 8.71. The quantitative estimate of drug-likeness (QED) is 0.156. The smallest absolute Gasteiger partial charge is 0.338 e. The van der Waals surface area contributed by atoms with Crippen molar-refractivity contribution in [1.82, 2.24) is 24.1 Å². The lowest BCUT2D eigenvalue weighted by Crippen LogP contribution is -2.10. The molecule has 0 saturated carbocycles. The molecule has 0 amide bonds. The molecule has 6 rings (SSSR count). The molecule has 0 bridgehead atoms. The molecule has 0 saturated heterocycles. The zero-order valence-electron chi connectivity index (χ0n) is 25.4. The second-order valence-corrected chi connectivity index (χ2v) is 10.7. The normalized spacial score (nSPS) is 11.1. The first kappa shape index (κ1) is 31.0. The van der Waals surface area contributed by atoms with Gasteiger partial charge in [-0.3, -0.25) is 0 Å². The fourth-order valence-corrected chi connectivity index (χ4v) is 5.29. The fraction of sp³-hybridized carbons (Fsp3) is 0.171. The van der Waals surface area contributed by atoms with Gasteiger partial charge in [0.25, 0.3) is 0 Å². The largest absolute Gasteiger partial charge is 0.473 e. The Morgan fingerprint density at radius 2 is 1.83 bits per heavy atom. The van der Waals surface area contributed by atoms with Crippen molar-refractivity contribution in [2.75, 3.05) is 7.11 Å². The van der Waals surface area contributed by atoms with E-state index >= 15 is 8.78 Å². The average Bonchev–Trinajstić information content (AvgIpc) is 3.68. The molecule has 3 aromatic carbocycles. The number of imidazole rings is 2. The molecule has 9 nitrogen and oxygen atoms in total. The third-order valence-electron chi connectivity index (χ3n) is 7.72. The maximum absolute atomic E-state index is 15.6. The highest BCUT2D eigenvalue weighted by atomic mass is 19.1. The number of aryl methyl sites for hydroxylation is 1. The predicted molar refractivity (Wildman–Crippen MR) is 166 cm³/mol. The van der Waals surface area contributed by atoms with Crippen LogP contribution in [0, 0.1) is 28.8 Å². The average molecular weight is 637 g/mol. The lowest BCUT2D eigenvalue weighted by atomic mass is 10.1. The Balaban J connectivity index is 1.29. The van der Waals surface area contributed by atoms with Gasteiger partial charge in [-0.05, 0) is 55.0 Å². The molecule has 0 aliphatic heterocycles. The highest BCUT2D eigenvalue weighted by Crippen LogP contribution is 2.28. The van der Waals surface area contributed by atoms with Crippen molar-refractivity contribution < 1.29 is 27.4 Å². The molecule has 3 heterocycles. The van der Waals surface area contributed by atoms with Crippen LogP contribution in [0.15, 0.2) is 79.3 Å². The standard InChI is InChI=1S/C35H27F3N6O3/c1-3-43-20-40-17-25(43)18-44-31-15-24(35(45)46-2)14-29(38)34(31)42-32(44)13-21-8-10-26(28(37)11-21)30-5-4-6-33(41-30)47-19-23-9-7-22(16-39)12-27(23)36/h4-12,14-15,17,20H,3,13,18-19H2,1-2H3. The van der Waals surface area contributed by atoms with Crippen molar-refractivity contribution in [2.24, 2.45) is 0 Å². The molecule has 12 heteroatoms. The van der Waals surface area contributed by atoms with Crippen molar-refractivity contribution in [1.29, 1.82) is 5.26 Å². The number of fused-ring (bicyclic) bond motifs is 1. The van der Waals surface area contributed by atoms with E-state index in [4.69, 9.17) is 14.7 Å². The molecule has 3 aromatic heterocycles. The van der Waals surface area contributed by atoms with Gasteiger partial charge in [0, 0.05) is 36.4 Å². The number of carbonyl (C=O) groups is 1. The number of hydrogen-bond donors (Lipinski definition) is 0. The maximum atomic E-state index is 15.6. The molecular weight excluding hydrogens is 609 g/mol. The topological polar surface area (TPSA) is 108 Å². The van der Waals surface area contributed by atoms with E-state index in [1.807, 2.05) is 17.6 Å². The van der Waals surface area contributed by atoms with Crippen molar-refractivity contribution in [3.8, 4) is 23.2 Å². The summed E-state index contributed by atoms with van der Waals surface area (Å²) in [6, 6.07) is 18.2. The van der Waals surface area contributed by atoms with Crippen LogP contribution in [0.4, 0.5) is 13.2 Å². The summed E-state index contributed by atoms with van der Waals surface area (Å²) in [7, 11) is 1.22. The van der Waals surface area contributed by atoms with Gasteiger partial charge in [-0.15, -0.1) is 0 Å². The number of esters is 1. The van der Waals surface area contributed by atoms with Crippen molar-refractivity contribution in [3.05, 3.63) is 130 Å². The Bertz CT molecular complexity index is 2170. The summed E-state index contributed by atoms with van der Waals surface area (Å²) in [5, 5.41) is 8.94. The van der Waals surface area contributed by atoms with Crippen LogP contribution in [0.5, 0.6) is 5.88 Å². The van der Waals surface area contributed by atoms with E-state index in [9.17, 15) is 9.18 Å². The lowest BCUT2D eigenvalue weighted by molar-refractivity contribution is 0.0600. The van der Waals surface area contributed by atoms with Crippen LogP contribution in [0.3, 0.4) is 0 Å². The van der Waals surface area contributed by atoms with Gasteiger partial charge in [-0.1, -0.05) is 18.2 Å². The molecule has 0 atom stereocenters. The molecule has 0 aliphatic rings. The molecule has 0 N–H and O–H groups in total. The highest BCUT2D eigenvalue weighted by Gasteiger charge is 2.20.